The summed E-state index contributed by atoms with van der Waals surface area (Å²) in [4.78, 5) is 22.9. The molecule has 1 heterocycles. The Morgan fingerprint density at radius 1 is 1.00 bits per heavy atom. The fourth-order valence-corrected chi connectivity index (χ4v) is 2.97. The normalized spacial score (nSPS) is 10.5. The predicted molar refractivity (Wildman–Crippen MR) is 101 cm³/mol. The minimum Gasteiger partial charge on any atom is -0.496 e. The lowest BCUT2D eigenvalue weighted by Gasteiger charge is -2.15. The van der Waals surface area contributed by atoms with E-state index in [1.165, 1.54) is 37.1 Å². The van der Waals surface area contributed by atoms with Crippen LogP contribution >= 0.6 is 11.6 Å². The third-order valence-electron chi connectivity index (χ3n) is 4.04. The van der Waals surface area contributed by atoms with E-state index in [1.807, 2.05) is 0 Å². The summed E-state index contributed by atoms with van der Waals surface area (Å²) in [6, 6.07) is 10.7. The van der Waals surface area contributed by atoms with Gasteiger partial charge < -0.3 is 19.7 Å². The van der Waals surface area contributed by atoms with Gasteiger partial charge in [0.2, 0.25) is 0 Å². The summed E-state index contributed by atoms with van der Waals surface area (Å²) in [6.07, 6.45) is 0. The molecule has 144 valence electrons. The highest BCUT2D eigenvalue weighted by atomic mass is 35.5. The summed E-state index contributed by atoms with van der Waals surface area (Å²) in [5.74, 6) is -1.58. The highest BCUT2D eigenvalue weighted by molar-refractivity contribution is 6.33. The monoisotopic (exact) mass is 402 g/mol. The van der Waals surface area contributed by atoms with Gasteiger partial charge in [-0.25, -0.2) is 14.3 Å². The van der Waals surface area contributed by atoms with Crippen molar-refractivity contribution in [3.8, 4) is 28.4 Å². The first kappa shape index (κ1) is 19.2. The number of carboxylic acids is 2. The Bertz CT molecular complexity index is 1050. The Balaban J connectivity index is 2.33. The first-order chi connectivity index (χ1) is 13.4. The van der Waals surface area contributed by atoms with Gasteiger partial charge in [0.05, 0.1) is 41.8 Å². The van der Waals surface area contributed by atoms with E-state index in [-0.39, 0.29) is 16.3 Å². The molecule has 0 aliphatic rings. The molecule has 0 saturated heterocycles. The van der Waals surface area contributed by atoms with Crippen LogP contribution in [0.5, 0.6) is 11.5 Å². The van der Waals surface area contributed by atoms with Crippen LogP contribution in [0.4, 0.5) is 0 Å². The van der Waals surface area contributed by atoms with Crippen molar-refractivity contribution < 1.29 is 29.3 Å². The second kappa shape index (κ2) is 7.61. The molecule has 9 heteroatoms. The van der Waals surface area contributed by atoms with Crippen LogP contribution in [0.15, 0.2) is 42.5 Å². The number of rotatable bonds is 6. The molecule has 3 rings (SSSR count). The Morgan fingerprint density at radius 2 is 1.64 bits per heavy atom. The summed E-state index contributed by atoms with van der Waals surface area (Å²) >= 11 is 5.94. The van der Waals surface area contributed by atoms with Crippen molar-refractivity contribution in [3.05, 3.63) is 58.7 Å². The summed E-state index contributed by atoms with van der Waals surface area (Å²) in [5, 5.41) is 22.9. The molecule has 0 unspecified atom stereocenters. The number of nitrogens with zero attached hydrogens (tertiary/aromatic N) is 2. The second-order valence-electron chi connectivity index (χ2n) is 5.64. The first-order valence-corrected chi connectivity index (χ1v) is 8.33. The van der Waals surface area contributed by atoms with Crippen LogP contribution in [-0.2, 0) is 0 Å². The number of hydrogen-bond donors (Lipinski definition) is 2. The number of aromatic carboxylic acids is 2. The summed E-state index contributed by atoms with van der Waals surface area (Å²) < 4.78 is 12.1. The summed E-state index contributed by atoms with van der Waals surface area (Å²) in [7, 11) is 2.95. The molecule has 0 fully saturated rings. The molecule has 0 saturated carbocycles. The fraction of sp³-hybridized carbons (Fsp3) is 0.105. The zero-order valence-corrected chi connectivity index (χ0v) is 15.6. The van der Waals surface area contributed by atoms with Crippen LogP contribution in [0.3, 0.4) is 0 Å². The maximum absolute atomic E-state index is 11.5. The lowest BCUT2D eigenvalue weighted by molar-refractivity contribution is 0.0681. The van der Waals surface area contributed by atoms with Crippen molar-refractivity contribution in [1.82, 2.24) is 9.78 Å². The molecular weight excluding hydrogens is 388 g/mol. The SMILES string of the molecule is COc1cccc(OC)c1-c1cc(C(=O)O)nn1-c1ccc(Cl)c(C(=O)O)c1. The van der Waals surface area contributed by atoms with Gasteiger partial charge in [-0.2, -0.15) is 5.10 Å². The van der Waals surface area contributed by atoms with E-state index in [4.69, 9.17) is 21.1 Å². The molecule has 28 heavy (non-hydrogen) atoms. The minimum atomic E-state index is -1.23. The highest BCUT2D eigenvalue weighted by Crippen LogP contribution is 2.39. The van der Waals surface area contributed by atoms with Crippen LogP contribution in [0.2, 0.25) is 5.02 Å². The standard InChI is InChI=1S/C19H15ClN2O6/c1-27-15-4-3-5-16(28-2)17(15)14-9-13(19(25)26)21-22(14)10-6-7-12(20)11(8-10)18(23)24/h3-9H,1-2H3,(H,23,24)(H,25,26). The Kier molecular flexibility index (Phi) is 5.23. The molecule has 8 nitrogen and oxygen atoms in total. The van der Waals surface area contributed by atoms with Crippen molar-refractivity contribution in [1.29, 1.82) is 0 Å². The van der Waals surface area contributed by atoms with Gasteiger partial charge >= 0.3 is 11.9 Å². The van der Waals surface area contributed by atoms with E-state index in [0.717, 1.165) is 0 Å². The van der Waals surface area contributed by atoms with Gasteiger partial charge in [-0.3, -0.25) is 0 Å². The van der Waals surface area contributed by atoms with Crippen LogP contribution in [0.1, 0.15) is 20.8 Å². The van der Waals surface area contributed by atoms with E-state index >= 15 is 0 Å². The zero-order valence-electron chi connectivity index (χ0n) is 14.8. The molecule has 2 N–H and O–H groups in total. The minimum absolute atomic E-state index is 0.0540. The highest BCUT2D eigenvalue weighted by Gasteiger charge is 2.23. The maximum atomic E-state index is 11.5. The molecule has 1 aromatic heterocycles. The molecule has 2 aromatic carbocycles. The Hall–Kier alpha value is -3.52. The van der Waals surface area contributed by atoms with Gasteiger partial charge in [0.1, 0.15) is 11.5 Å². The van der Waals surface area contributed by atoms with E-state index in [1.54, 1.807) is 24.3 Å². The maximum Gasteiger partial charge on any atom is 0.356 e. The average molecular weight is 403 g/mol. The number of benzene rings is 2. The van der Waals surface area contributed by atoms with Crippen molar-refractivity contribution in [2.45, 2.75) is 0 Å². The quantitative estimate of drug-likeness (QED) is 0.647. The smallest absolute Gasteiger partial charge is 0.356 e. The Labute approximate surface area is 164 Å². The van der Waals surface area contributed by atoms with E-state index in [9.17, 15) is 19.8 Å². The molecule has 0 radical (unpaired) electrons. The number of carbonyl (C=O) groups is 2. The van der Waals surface area contributed by atoms with Gasteiger partial charge in [-0.15, -0.1) is 0 Å². The van der Waals surface area contributed by atoms with Crippen molar-refractivity contribution in [2.24, 2.45) is 0 Å². The van der Waals surface area contributed by atoms with Crippen molar-refractivity contribution in [2.75, 3.05) is 14.2 Å². The molecule has 0 amide bonds. The van der Waals surface area contributed by atoms with Gasteiger partial charge in [-0.1, -0.05) is 17.7 Å². The molecule has 3 aromatic rings. The lowest BCUT2D eigenvalue weighted by atomic mass is 10.1. The topological polar surface area (TPSA) is 111 Å². The fourth-order valence-electron chi connectivity index (χ4n) is 2.77. The van der Waals surface area contributed by atoms with E-state index < -0.39 is 11.9 Å². The Morgan fingerprint density at radius 3 is 2.18 bits per heavy atom. The van der Waals surface area contributed by atoms with Crippen LogP contribution in [0.25, 0.3) is 16.9 Å². The number of halogens is 1. The lowest BCUT2D eigenvalue weighted by Crippen LogP contribution is -2.06. The third kappa shape index (κ3) is 3.37. The zero-order chi connectivity index (χ0) is 20.4. The predicted octanol–water partition coefficient (Wildman–Crippen LogP) is 3.61. The molecule has 0 spiro atoms. The molecule has 0 atom stereocenters. The molecule has 0 bridgehead atoms. The first-order valence-electron chi connectivity index (χ1n) is 7.95. The second-order valence-corrected chi connectivity index (χ2v) is 6.05. The van der Waals surface area contributed by atoms with Gasteiger partial charge in [0, 0.05) is 0 Å². The molecule has 0 aliphatic carbocycles. The van der Waals surface area contributed by atoms with E-state index in [2.05, 4.69) is 5.10 Å². The largest absolute Gasteiger partial charge is 0.496 e. The van der Waals surface area contributed by atoms with Gasteiger partial charge in [-0.05, 0) is 36.4 Å². The number of methoxy groups -OCH3 is 2. The van der Waals surface area contributed by atoms with Gasteiger partial charge in [0.25, 0.3) is 0 Å². The van der Waals surface area contributed by atoms with Crippen molar-refractivity contribution in [3.63, 3.8) is 0 Å². The third-order valence-corrected chi connectivity index (χ3v) is 4.37. The average Bonchev–Trinajstić information content (AvgIpc) is 3.12. The van der Waals surface area contributed by atoms with Crippen LogP contribution in [-0.4, -0.2) is 46.2 Å². The number of aromatic nitrogens is 2. The van der Waals surface area contributed by atoms with Crippen LogP contribution < -0.4 is 9.47 Å². The molecular formula is C19H15ClN2O6. The number of hydrogen-bond acceptors (Lipinski definition) is 5. The molecule has 0 aliphatic heterocycles. The number of carboxylic acid groups (broad SMARTS) is 2. The van der Waals surface area contributed by atoms with Gasteiger partial charge in [0.15, 0.2) is 5.69 Å². The van der Waals surface area contributed by atoms with Crippen molar-refractivity contribution >= 4 is 23.5 Å². The summed E-state index contributed by atoms with van der Waals surface area (Å²) in [5.41, 5.74) is 0.779. The number of ether oxygens (including phenoxy) is 2. The van der Waals surface area contributed by atoms with E-state index in [0.29, 0.717) is 28.4 Å². The summed E-state index contributed by atoms with van der Waals surface area (Å²) in [6.45, 7) is 0. The van der Waals surface area contributed by atoms with Crippen LogP contribution in [0, 0.1) is 0 Å².